The van der Waals surface area contributed by atoms with Crippen molar-refractivity contribution >= 4 is 11.9 Å². The molecule has 258 valence electrons. The zero-order chi connectivity index (χ0) is 33.9. The third-order valence-electron chi connectivity index (χ3n) is 9.98. The van der Waals surface area contributed by atoms with Crippen molar-refractivity contribution in [2.45, 2.75) is 110 Å². The van der Waals surface area contributed by atoms with Crippen molar-refractivity contribution in [2.75, 3.05) is 44.2 Å². The van der Waals surface area contributed by atoms with Gasteiger partial charge >= 0.3 is 18.3 Å². The fourth-order valence-electron chi connectivity index (χ4n) is 7.82. The molecule has 1 aromatic carbocycles. The maximum Gasteiger partial charge on any atom is 0.417 e. The van der Waals surface area contributed by atoms with Gasteiger partial charge in [0.1, 0.15) is 23.8 Å². The number of nitrogens with zero attached hydrogens (tertiary/aromatic N) is 5. The van der Waals surface area contributed by atoms with Crippen molar-refractivity contribution in [1.82, 2.24) is 19.8 Å². The first-order valence-electron chi connectivity index (χ1n) is 16.6. The van der Waals surface area contributed by atoms with Gasteiger partial charge in [0, 0.05) is 43.2 Å². The Hall–Kier alpha value is -3.19. The van der Waals surface area contributed by atoms with E-state index in [1.54, 1.807) is 4.90 Å². The second-order valence-electron chi connectivity index (χ2n) is 14.5. The number of ether oxygens (including phenoxy) is 3. The Morgan fingerprint density at radius 2 is 1.77 bits per heavy atom. The van der Waals surface area contributed by atoms with Crippen LogP contribution in [0.2, 0.25) is 0 Å². The number of hydrogen-bond donors (Lipinski definition) is 0. The number of hydrogen-bond acceptors (Lipinski definition) is 8. The van der Waals surface area contributed by atoms with E-state index in [1.807, 2.05) is 27.7 Å². The minimum Gasteiger partial charge on any atom is -0.461 e. The van der Waals surface area contributed by atoms with Gasteiger partial charge in [-0.2, -0.15) is 23.1 Å². The lowest BCUT2D eigenvalue weighted by molar-refractivity contribution is -0.140. The summed E-state index contributed by atoms with van der Waals surface area (Å²) >= 11 is 0. The number of anilines is 1. The van der Waals surface area contributed by atoms with Gasteiger partial charge in [0.15, 0.2) is 0 Å². The fraction of sp³-hybridized carbons (Fsp3) is 0.676. The molecule has 3 saturated heterocycles. The predicted molar refractivity (Wildman–Crippen MR) is 167 cm³/mol. The van der Waals surface area contributed by atoms with E-state index in [0.29, 0.717) is 43.3 Å². The summed E-state index contributed by atoms with van der Waals surface area (Å²) in [6, 6.07) is 1.19. The van der Waals surface area contributed by atoms with Gasteiger partial charge in [-0.25, -0.2) is 9.18 Å². The normalized spacial score (nSPS) is 23.1. The Balaban J connectivity index is 1.34. The zero-order valence-corrected chi connectivity index (χ0v) is 28.1. The Labute approximate surface area is 273 Å². The summed E-state index contributed by atoms with van der Waals surface area (Å²) < 4.78 is 76.5. The Morgan fingerprint density at radius 1 is 1.06 bits per heavy atom. The molecule has 4 aliphatic heterocycles. The average Bonchev–Trinajstić information content (AvgIpc) is 3.56. The van der Waals surface area contributed by atoms with E-state index in [0.717, 1.165) is 38.8 Å². The van der Waals surface area contributed by atoms with Crippen molar-refractivity contribution in [3.63, 3.8) is 0 Å². The summed E-state index contributed by atoms with van der Waals surface area (Å²) in [6.07, 6.45) is -2.19. The van der Waals surface area contributed by atoms with Crippen LogP contribution >= 0.6 is 0 Å². The topological polar surface area (TPSA) is 80.3 Å². The van der Waals surface area contributed by atoms with Crippen LogP contribution < -0.4 is 9.64 Å². The van der Waals surface area contributed by atoms with Crippen molar-refractivity contribution < 1.29 is 36.6 Å². The number of fused-ring (bicyclic) bond motifs is 2. The molecule has 6 rings (SSSR count). The molecule has 0 bridgehead atoms. The molecule has 13 heteroatoms. The Kier molecular flexibility index (Phi) is 8.86. The zero-order valence-electron chi connectivity index (χ0n) is 28.1. The van der Waals surface area contributed by atoms with Gasteiger partial charge in [-0.15, -0.1) is 0 Å². The maximum absolute atomic E-state index is 15.6. The van der Waals surface area contributed by atoms with Crippen LogP contribution in [-0.2, 0) is 28.7 Å². The molecule has 4 aliphatic rings. The molecule has 1 amide bonds. The van der Waals surface area contributed by atoms with Crippen molar-refractivity contribution in [3.05, 3.63) is 45.4 Å². The van der Waals surface area contributed by atoms with Crippen LogP contribution in [0.1, 0.15) is 93.0 Å². The van der Waals surface area contributed by atoms with E-state index in [2.05, 4.69) is 9.80 Å². The van der Waals surface area contributed by atoms with E-state index in [-0.39, 0.29) is 41.7 Å². The molecule has 2 aromatic rings. The molecular weight excluding hydrogens is 618 g/mol. The number of rotatable bonds is 5. The molecule has 47 heavy (non-hydrogen) atoms. The summed E-state index contributed by atoms with van der Waals surface area (Å²) in [7, 11) is 0. The summed E-state index contributed by atoms with van der Waals surface area (Å²) in [5.41, 5.74) is -1.02. The molecule has 0 aliphatic carbocycles. The number of carbonyl (C=O) groups excluding carboxylic acids is 1. The van der Waals surface area contributed by atoms with Gasteiger partial charge in [-0.05, 0) is 91.4 Å². The van der Waals surface area contributed by atoms with Crippen molar-refractivity contribution in [2.24, 2.45) is 0 Å². The maximum atomic E-state index is 15.6. The van der Waals surface area contributed by atoms with Gasteiger partial charge in [0.05, 0.1) is 29.5 Å². The highest BCUT2D eigenvalue weighted by Gasteiger charge is 2.46. The monoisotopic (exact) mass is 663 g/mol. The number of piperazine rings is 1. The number of aryl methyl sites for hydroxylation is 2. The number of aromatic nitrogens is 2. The van der Waals surface area contributed by atoms with Gasteiger partial charge < -0.3 is 24.0 Å². The van der Waals surface area contributed by atoms with Crippen molar-refractivity contribution in [1.29, 1.82) is 0 Å². The van der Waals surface area contributed by atoms with Crippen LogP contribution in [-0.4, -0.2) is 82.4 Å². The van der Waals surface area contributed by atoms with Crippen LogP contribution in [0, 0.1) is 19.7 Å². The highest BCUT2D eigenvalue weighted by molar-refractivity contribution is 5.69. The van der Waals surface area contributed by atoms with E-state index in [4.69, 9.17) is 24.2 Å². The first-order chi connectivity index (χ1) is 22.1. The second-order valence-corrected chi connectivity index (χ2v) is 14.5. The van der Waals surface area contributed by atoms with E-state index >= 15 is 4.39 Å². The number of alkyl halides is 3. The molecule has 1 unspecified atom stereocenters. The largest absolute Gasteiger partial charge is 0.461 e. The lowest BCUT2D eigenvalue weighted by Crippen LogP contribution is -2.55. The number of benzene rings is 1. The summed E-state index contributed by atoms with van der Waals surface area (Å²) in [5, 5.41) is 0. The molecule has 1 aromatic heterocycles. The van der Waals surface area contributed by atoms with Crippen LogP contribution in [0.4, 0.5) is 28.2 Å². The number of amides is 1. The molecule has 9 nitrogen and oxygen atoms in total. The highest BCUT2D eigenvalue weighted by Crippen LogP contribution is 2.44. The van der Waals surface area contributed by atoms with Crippen LogP contribution in [0.25, 0.3) is 0 Å². The van der Waals surface area contributed by atoms with Gasteiger partial charge in [0.2, 0.25) is 0 Å². The summed E-state index contributed by atoms with van der Waals surface area (Å²) in [4.78, 5) is 28.6. The molecular formula is C34H45F4N5O4. The van der Waals surface area contributed by atoms with Crippen molar-refractivity contribution in [3.8, 4) is 6.01 Å². The van der Waals surface area contributed by atoms with Crippen LogP contribution in [0.15, 0.2) is 6.07 Å². The summed E-state index contributed by atoms with van der Waals surface area (Å²) in [6.45, 7) is 13.8. The second kappa shape index (κ2) is 12.4. The fourth-order valence-corrected chi connectivity index (χ4v) is 7.82. The average molecular weight is 664 g/mol. The molecule has 0 radical (unpaired) electrons. The quantitative estimate of drug-likeness (QED) is 0.335. The standard InChI is InChI=1S/C34H45F4N5O4/c1-20-15-21(2)28(35)26(27(20)34(36,37)38)25-16-24-23(18-45-25)29(43-14-13-41(17-22(43)3)31(44)47-32(4,5)6)40-30(39-24)46-19-33-9-7-11-42(33)12-8-10-33/h15,22,25H,7-14,16-19H2,1-6H3/t22-,25?/m0/s1. The molecule has 3 fully saturated rings. The van der Waals surface area contributed by atoms with E-state index < -0.39 is 40.9 Å². The number of halogens is 4. The first-order valence-corrected chi connectivity index (χ1v) is 16.6. The van der Waals surface area contributed by atoms with Gasteiger partial charge in [-0.1, -0.05) is 6.07 Å². The highest BCUT2D eigenvalue weighted by atomic mass is 19.4. The molecule has 5 heterocycles. The lowest BCUT2D eigenvalue weighted by atomic mass is 9.90. The third kappa shape index (κ3) is 6.62. The van der Waals surface area contributed by atoms with E-state index in [1.165, 1.54) is 19.9 Å². The Bertz CT molecular complexity index is 1520. The van der Waals surface area contributed by atoms with Gasteiger partial charge in [0.25, 0.3) is 0 Å². The van der Waals surface area contributed by atoms with Crippen LogP contribution in [0.3, 0.4) is 0 Å². The summed E-state index contributed by atoms with van der Waals surface area (Å²) in [5.74, 6) is -0.361. The third-order valence-corrected chi connectivity index (χ3v) is 9.98. The Morgan fingerprint density at radius 3 is 2.40 bits per heavy atom. The van der Waals surface area contributed by atoms with E-state index in [9.17, 15) is 18.0 Å². The minimum absolute atomic E-state index is 0.0539. The number of carbonyl (C=O) groups is 1. The van der Waals surface area contributed by atoms with Crippen LogP contribution in [0.5, 0.6) is 6.01 Å². The SMILES string of the molecule is Cc1cc(C)c(C(F)(F)F)c(C2Cc3nc(OCC45CCCN4CCC5)nc(N4CCN(C(=O)OC(C)(C)C)C[C@@H]4C)c3CO2)c1F. The molecule has 0 N–H and O–H groups in total. The smallest absolute Gasteiger partial charge is 0.417 e. The minimum atomic E-state index is -4.76. The first kappa shape index (κ1) is 33.7. The molecule has 0 saturated carbocycles. The molecule has 0 spiro atoms. The van der Waals surface area contributed by atoms with Gasteiger partial charge in [-0.3, -0.25) is 4.90 Å². The predicted octanol–water partition coefficient (Wildman–Crippen LogP) is 6.52. The molecule has 2 atom stereocenters. The lowest BCUT2D eigenvalue weighted by Gasteiger charge is -2.42.